The van der Waals surface area contributed by atoms with Crippen molar-refractivity contribution >= 4 is 28.3 Å². The van der Waals surface area contributed by atoms with Gasteiger partial charge in [-0.05, 0) is 42.7 Å². The Bertz CT molecular complexity index is 1230. The van der Waals surface area contributed by atoms with Gasteiger partial charge in [0.2, 0.25) is 0 Å². The lowest BCUT2D eigenvalue weighted by Gasteiger charge is -2.29. The molecule has 6 nitrogen and oxygen atoms in total. The number of amides is 1. The zero-order valence-corrected chi connectivity index (χ0v) is 18.5. The summed E-state index contributed by atoms with van der Waals surface area (Å²) in [6, 6.07) is 10.3. The van der Waals surface area contributed by atoms with Gasteiger partial charge in [0.1, 0.15) is 17.8 Å². The van der Waals surface area contributed by atoms with E-state index in [0.29, 0.717) is 54.2 Å². The Kier molecular flexibility index (Phi) is 5.62. The molecule has 0 saturated carbocycles. The van der Waals surface area contributed by atoms with Crippen LogP contribution >= 0.6 is 0 Å². The number of nitrogens with zero attached hydrogens (tertiary/aromatic N) is 3. The molecule has 8 heteroatoms. The van der Waals surface area contributed by atoms with Crippen LogP contribution in [0, 0.1) is 12.7 Å². The summed E-state index contributed by atoms with van der Waals surface area (Å²) in [5.74, 6) is -0.482. The number of ether oxygens (including phenoxy) is 1. The molecule has 1 aromatic heterocycles. The van der Waals surface area contributed by atoms with Crippen molar-refractivity contribution in [3.8, 4) is 11.1 Å². The highest BCUT2D eigenvalue weighted by molar-refractivity contribution is 6.06. The number of alkyl halides is 1. The van der Waals surface area contributed by atoms with Crippen molar-refractivity contribution in [2.45, 2.75) is 19.5 Å². The first-order chi connectivity index (χ1) is 15.9. The number of halogens is 2. The summed E-state index contributed by atoms with van der Waals surface area (Å²) >= 11 is 0. The molecule has 172 valence electrons. The molecule has 1 amide bonds. The largest absolute Gasteiger partial charge is 0.382 e. The fourth-order valence-corrected chi connectivity index (χ4v) is 4.80. The SMILES string of the molecule is Cc1cc(F)cc(C(=O)N2CCC(F)C2)c1-c1cccc2cc(N3CCOCC3)c(N)nc12. The van der Waals surface area contributed by atoms with Crippen LogP contribution in [0.15, 0.2) is 36.4 Å². The van der Waals surface area contributed by atoms with E-state index >= 15 is 0 Å². The van der Waals surface area contributed by atoms with Crippen LogP contribution in [0.25, 0.3) is 22.0 Å². The molecular weight excluding hydrogens is 426 g/mol. The number of anilines is 2. The number of pyridine rings is 1. The summed E-state index contributed by atoms with van der Waals surface area (Å²) in [5, 5.41) is 0.871. The Balaban J connectivity index is 1.65. The van der Waals surface area contributed by atoms with Crippen molar-refractivity contribution in [2.75, 3.05) is 50.0 Å². The zero-order valence-electron chi connectivity index (χ0n) is 18.5. The molecule has 2 aliphatic heterocycles. The quantitative estimate of drug-likeness (QED) is 0.652. The minimum Gasteiger partial charge on any atom is -0.382 e. The molecule has 3 heterocycles. The number of para-hydroxylation sites is 1. The second-order valence-corrected chi connectivity index (χ2v) is 8.65. The number of aromatic nitrogens is 1. The molecule has 1 unspecified atom stereocenters. The number of likely N-dealkylation sites (tertiary alicyclic amines) is 1. The molecule has 2 N–H and O–H groups in total. The second kappa shape index (κ2) is 8.59. The van der Waals surface area contributed by atoms with Crippen LogP contribution in [0.4, 0.5) is 20.3 Å². The molecule has 2 fully saturated rings. The number of aryl methyl sites for hydroxylation is 1. The Hall–Kier alpha value is -3.26. The summed E-state index contributed by atoms with van der Waals surface area (Å²) < 4.78 is 33.6. The van der Waals surface area contributed by atoms with Crippen LogP contribution in [0.3, 0.4) is 0 Å². The van der Waals surface area contributed by atoms with E-state index < -0.39 is 12.0 Å². The van der Waals surface area contributed by atoms with Crippen LogP contribution < -0.4 is 10.6 Å². The number of morpholine rings is 1. The normalized spacial score (nSPS) is 18.8. The number of hydrogen-bond acceptors (Lipinski definition) is 5. The first-order valence-corrected chi connectivity index (χ1v) is 11.2. The molecular formula is C25H26F2N4O2. The lowest BCUT2D eigenvalue weighted by Crippen LogP contribution is -2.36. The van der Waals surface area contributed by atoms with Crippen LogP contribution in [0.1, 0.15) is 22.3 Å². The van der Waals surface area contributed by atoms with Gasteiger partial charge in [0.15, 0.2) is 0 Å². The van der Waals surface area contributed by atoms with Gasteiger partial charge in [-0.2, -0.15) is 0 Å². The molecule has 33 heavy (non-hydrogen) atoms. The average Bonchev–Trinajstić information content (AvgIpc) is 3.24. The monoisotopic (exact) mass is 452 g/mol. The van der Waals surface area contributed by atoms with Gasteiger partial charge in [-0.1, -0.05) is 18.2 Å². The molecule has 5 rings (SSSR count). The molecule has 2 aromatic carbocycles. The van der Waals surface area contributed by atoms with Crippen LogP contribution in [-0.4, -0.2) is 61.4 Å². The number of benzene rings is 2. The van der Waals surface area contributed by atoms with Crippen LogP contribution in [0.2, 0.25) is 0 Å². The minimum atomic E-state index is -1.05. The molecule has 2 aliphatic rings. The summed E-state index contributed by atoms with van der Waals surface area (Å²) in [5.41, 5.74) is 9.98. The van der Waals surface area contributed by atoms with E-state index in [9.17, 15) is 13.6 Å². The summed E-state index contributed by atoms with van der Waals surface area (Å²) in [7, 11) is 0. The molecule has 2 saturated heterocycles. The van der Waals surface area contributed by atoms with Crippen LogP contribution in [0.5, 0.6) is 0 Å². The minimum absolute atomic E-state index is 0.0253. The average molecular weight is 453 g/mol. The molecule has 3 aromatic rings. The standard InChI is InChI=1S/C25H26F2N4O2/c1-15-11-18(27)13-20(25(32)31-6-5-17(26)14-31)22(15)19-4-2-3-16-12-21(24(28)29-23(16)19)30-7-9-33-10-8-30/h2-4,11-13,17H,5-10,14H2,1H3,(H2,28,29). The molecule has 0 spiro atoms. The number of nitrogens with two attached hydrogens (primary N) is 1. The first-order valence-electron chi connectivity index (χ1n) is 11.2. The van der Waals surface area contributed by atoms with E-state index in [1.807, 2.05) is 24.3 Å². The second-order valence-electron chi connectivity index (χ2n) is 8.65. The van der Waals surface area contributed by atoms with Crippen molar-refractivity contribution in [1.29, 1.82) is 0 Å². The molecule has 0 aliphatic carbocycles. The van der Waals surface area contributed by atoms with Gasteiger partial charge in [0, 0.05) is 30.6 Å². The highest BCUT2D eigenvalue weighted by Gasteiger charge is 2.29. The number of nitrogen functional groups attached to an aromatic ring is 1. The maximum absolute atomic E-state index is 14.4. The smallest absolute Gasteiger partial charge is 0.254 e. The van der Waals surface area contributed by atoms with E-state index in [4.69, 9.17) is 15.5 Å². The number of hydrogen-bond donors (Lipinski definition) is 1. The number of rotatable bonds is 3. The van der Waals surface area contributed by atoms with Crippen LogP contribution in [-0.2, 0) is 4.74 Å². The van der Waals surface area contributed by atoms with E-state index in [2.05, 4.69) is 4.90 Å². The molecule has 0 radical (unpaired) electrons. The predicted molar refractivity (Wildman–Crippen MR) is 125 cm³/mol. The van der Waals surface area contributed by atoms with Gasteiger partial charge in [-0.3, -0.25) is 4.79 Å². The lowest BCUT2D eigenvalue weighted by atomic mass is 9.92. The maximum Gasteiger partial charge on any atom is 0.254 e. The van der Waals surface area contributed by atoms with E-state index in [0.717, 1.165) is 24.2 Å². The topological polar surface area (TPSA) is 71.7 Å². The number of fused-ring (bicyclic) bond motifs is 1. The van der Waals surface area contributed by atoms with Crippen molar-refractivity contribution in [1.82, 2.24) is 9.88 Å². The van der Waals surface area contributed by atoms with Crippen molar-refractivity contribution in [3.05, 3.63) is 53.3 Å². The fourth-order valence-electron chi connectivity index (χ4n) is 4.80. The lowest BCUT2D eigenvalue weighted by molar-refractivity contribution is 0.0783. The first kappa shape index (κ1) is 21.6. The Morgan fingerprint density at radius 3 is 2.70 bits per heavy atom. The predicted octanol–water partition coefficient (Wildman–Crippen LogP) is 3.95. The van der Waals surface area contributed by atoms with Gasteiger partial charge in [-0.15, -0.1) is 0 Å². The van der Waals surface area contributed by atoms with E-state index in [-0.39, 0.29) is 18.0 Å². The van der Waals surface area contributed by atoms with E-state index in [1.165, 1.54) is 17.0 Å². The number of carbonyl (C=O) groups excluding carboxylic acids is 1. The third-order valence-electron chi connectivity index (χ3n) is 6.42. The van der Waals surface area contributed by atoms with Crippen molar-refractivity contribution < 1.29 is 18.3 Å². The zero-order chi connectivity index (χ0) is 23.1. The number of carbonyl (C=O) groups is 1. The Morgan fingerprint density at radius 1 is 1.18 bits per heavy atom. The third kappa shape index (κ3) is 3.99. The van der Waals surface area contributed by atoms with Gasteiger partial charge >= 0.3 is 0 Å². The van der Waals surface area contributed by atoms with Gasteiger partial charge < -0.3 is 20.3 Å². The van der Waals surface area contributed by atoms with E-state index in [1.54, 1.807) is 6.92 Å². The Morgan fingerprint density at radius 2 is 1.97 bits per heavy atom. The third-order valence-corrected chi connectivity index (χ3v) is 6.42. The molecule has 0 bridgehead atoms. The highest BCUT2D eigenvalue weighted by atomic mass is 19.1. The van der Waals surface area contributed by atoms with Gasteiger partial charge in [0.05, 0.1) is 36.5 Å². The van der Waals surface area contributed by atoms with Crippen molar-refractivity contribution in [2.24, 2.45) is 0 Å². The molecule has 1 atom stereocenters. The van der Waals surface area contributed by atoms with Crippen molar-refractivity contribution in [3.63, 3.8) is 0 Å². The van der Waals surface area contributed by atoms with Gasteiger partial charge in [-0.25, -0.2) is 13.8 Å². The Labute approximate surface area is 190 Å². The highest BCUT2D eigenvalue weighted by Crippen LogP contribution is 2.37. The van der Waals surface area contributed by atoms with Gasteiger partial charge in [0.25, 0.3) is 5.91 Å². The fraction of sp³-hybridized carbons (Fsp3) is 0.360. The summed E-state index contributed by atoms with van der Waals surface area (Å²) in [4.78, 5) is 21.6. The summed E-state index contributed by atoms with van der Waals surface area (Å²) in [6.07, 6.45) is -0.754. The summed E-state index contributed by atoms with van der Waals surface area (Å²) in [6.45, 7) is 4.84. The maximum atomic E-state index is 14.4.